The van der Waals surface area contributed by atoms with E-state index in [-0.39, 0.29) is 12.1 Å². The molecule has 0 unspecified atom stereocenters. The number of carbonyl (C=O) groups is 1. The van der Waals surface area contributed by atoms with Gasteiger partial charge in [-0.25, -0.2) is 4.79 Å². The summed E-state index contributed by atoms with van der Waals surface area (Å²) in [6, 6.07) is 9.29. The van der Waals surface area contributed by atoms with Gasteiger partial charge in [-0.3, -0.25) is 0 Å². The highest BCUT2D eigenvalue weighted by atomic mass is 16.3. The number of furan rings is 1. The van der Waals surface area contributed by atoms with E-state index in [4.69, 9.17) is 4.42 Å². The number of hydrogen-bond acceptors (Lipinski definition) is 2. The SMILES string of the molecule is C=CCNC(=O)N[C@H](C)c1cc2ccccc2o1. The van der Waals surface area contributed by atoms with Crippen LogP contribution in [0.25, 0.3) is 11.0 Å². The van der Waals surface area contributed by atoms with Gasteiger partial charge in [0.1, 0.15) is 11.3 Å². The molecule has 1 aromatic carbocycles. The summed E-state index contributed by atoms with van der Waals surface area (Å²) in [7, 11) is 0. The predicted molar refractivity (Wildman–Crippen MR) is 71.4 cm³/mol. The number of rotatable bonds is 4. The molecule has 2 aromatic rings. The molecule has 0 aliphatic heterocycles. The molecule has 0 saturated heterocycles. The third-order valence-corrected chi connectivity index (χ3v) is 2.63. The summed E-state index contributed by atoms with van der Waals surface area (Å²) in [6.07, 6.45) is 1.63. The van der Waals surface area contributed by atoms with Crippen LogP contribution in [0, 0.1) is 0 Å². The van der Waals surface area contributed by atoms with Gasteiger partial charge in [0.2, 0.25) is 0 Å². The summed E-state index contributed by atoms with van der Waals surface area (Å²) >= 11 is 0. The third-order valence-electron chi connectivity index (χ3n) is 2.63. The van der Waals surface area contributed by atoms with E-state index in [1.54, 1.807) is 6.08 Å². The van der Waals surface area contributed by atoms with Crippen molar-refractivity contribution in [2.45, 2.75) is 13.0 Å². The first kappa shape index (κ1) is 12.2. The fourth-order valence-electron chi connectivity index (χ4n) is 1.70. The molecule has 2 amide bonds. The Kier molecular flexibility index (Phi) is 3.67. The number of urea groups is 1. The highest BCUT2D eigenvalue weighted by Gasteiger charge is 2.13. The van der Waals surface area contributed by atoms with Crippen molar-refractivity contribution in [2.75, 3.05) is 6.54 Å². The molecule has 0 aliphatic rings. The molecule has 1 aromatic heterocycles. The molecule has 2 rings (SSSR count). The van der Waals surface area contributed by atoms with Crippen LogP contribution in [0.2, 0.25) is 0 Å². The standard InChI is InChI=1S/C14H16N2O2/c1-3-8-15-14(17)16-10(2)13-9-11-6-4-5-7-12(11)18-13/h3-7,9-10H,1,8H2,2H3,(H2,15,16,17)/t10-/m1/s1. The van der Waals surface area contributed by atoms with Crippen LogP contribution in [0.3, 0.4) is 0 Å². The molecular formula is C14H16N2O2. The topological polar surface area (TPSA) is 54.3 Å². The van der Waals surface area contributed by atoms with Crippen LogP contribution in [-0.4, -0.2) is 12.6 Å². The monoisotopic (exact) mass is 244 g/mol. The van der Waals surface area contributed by atoms with Gasteiger partial charge in [0.25, 0.3) is 0 Å². The van der Waals surface area contributed by atoms with Crippen molar-refractivity contribution in [3.05, 3.63) is 48.7 Å². The molecule has 0 bridgehead atoms. The van der Waals surface area contributed by atoms with Gasteiger partial charge in [0, 0.05) is 11.9 Å². The van der Waals surface area contributed by atoms with Crippen LogP contribution >= 0.6 is 0 Å². The first-order chi connectivity index (χ1) is 8.70. The van der Waals surface area contributed by atoms with E-state index in [0.29, 0.717) is 6.54 Å². The van der Waals surface area contributed by atoms with Crippen molar-refractivity contribution in [1.82, 2.24) is 10.6 Å². The Balaban J connectivity index is 2.06. The van der Waals surface area contributed by atoms with Crippen molar-refractivity contribution in [3.8, 4) is 0 Å². The summed E-state index contributed by atoms with van der Waals surface area (Å²) in [6.45, 7) is 5.86. The number of carbonyl (C=O) groups excluding carboxylic acids is 1. The Morgan fingerprint density at radius 1 is 1.50 bits per heavy atom. The lowest BCUT2D eigenvalue weighted by molar-refractivity contribution is 0.237. The lowest BCUT2D eigenvalue weighted by atomic mass is 10.2. The first-order valence-corrected chi connectivity index (χ1v) is 5.84. The zero-order valence-electron chi connectivity index (χ0n) is 10.3. The van der Waals surface area contributed by atoms with Crippen LogP contribution in [-0.2, 0) is 0 Å². The minimum atomic E-state index is -0.233. The minimum Gasteiger partial charge on any atom is -0.459 e. The van der Waals surface area contributed by atoms with Crippen LogP contribution in [0.5, 0.6) is 0 Å². The van der Waals surface area contributed by atoms with Crippen LogP contribution in [0.4, 0.5) is 4.79 Å². The zero-order chi connectivity index (χ0) is 13.0. The Bertz CT molecular complexity index is 527. The van der Waals surface area contributed by atoms with Crippen molar-refractivity contribution >= 4 is 17.0 Å². The average molecular weight is 244 g/mol. The number of benzene rings is 1. The maximum absolute atomic E-state index is 11.5. The number of hydrogen-bond donors (Lipinski definition) is 2. The quantitative estimate of drug-likeness (QED) is 0.812. The molecule has 94 valence electrons. The Hall–Kier alpha value is -2.23. The number of para-hydroxylation sites is 1. The molecule has 0 fully saturated rings. The van der Waals surface area contributed by atoms with Gasteiger partial charge in [-0.05, 0) is 19.1 Å². The third kappa shape index (κ3) is 2.71. The summed E-state index contributed by atoms with van der Waals surface area (Å²) in [5.41, 5.74) is 0.827. The molecule has 1 heterocycles. The normalized spacial score (nSPS) is 12.1. The van der Waals surface area contributed by atoms with Gasteiger partial charge in [0.05, 0.1) is 6.04 Å². The number of nitrogens with one attached hydrogen (secondary N) is 2. The fourth-order valence-corrected chi connectivity index (χ4v) is 1.70. The van der Waals surface area contributed by atoms with E-state index in [2.05, 4.69) is 17.2 Å². The largest absolute Gasteiger partial charge is 0.459 e. The van der Waals surface area contributed by atoms with Crippen LogP contribution < -0.4 is 10.6 Å². The molecule has 18 heavy (non-hydrogen) atoms. The van der Waals surface area contributed by atoms with Crippen molar-refractivity contribution in [3.63, 3.8) is 0 Å². The Labute approximate surface area is 106 Å². The van der Waals surface area contributed by atoms with Gasteiger partial charge in [-0.2, -0.15) is 0 Å². The highest BCUT2D eigenvalue weighted by Crippen LogP contribution is 2.23. The lowest BCUT2D eigenvalue weighted by Crippen LogP contribution is -2.36. The minimum absolute atomic E-state index is 0.179. The summed E-state index contributed by atoms with van der Waals surface area (Å²) < 4.78 is 5.67. The summed E-state index contributed by atoms with van der Waals surface area (Å²) in [5, 5.41) is 6.49. The Morgan fingerprint density at radius 3 is 3.00 bits per heavy atom. The maximum atomic E-state index is 11.5. The molecule has 1 atom stereocenters. The molecule has 0 radical (unpaired) electrons. The van der Waals surface area contributed by atoms with Gasteiger partial charge >= 0.3 is 6.03 Å². The van der Waals surface area contributed by atoms with Gasteiger partial charge in [0.15, 0.2) is 0 Å². The second-order valence-corrected chi connectivity index (χ2v) is 4.05. The van der Waals surface area contributed by atoms with Gasteiger partial charge in [-0.15, -0.1) is 6.58 Å². The number of amides is 2. The highest BCUT2D eigenvalue weighted by molar-refractivity contribution is 5.78. The van der Waals surface area contributed by atoms with Crippen molar-refractivity contribution in [2.24, 2.45) is 0 Å². The molecule has 4 heteroatoms. The maximum Gasteiger partial charge on any atom is 0.315 e. The van der Waals surface area contributed by atoms with E-state index < -0.39 is 0 Å². The smallest absolute Gasteiger partial charge is 0.315 e. The van der Waals surface area contributed by atoms with E-state index in [1.807, 2.05) is 37.3 Å². The van der Waals surface area contributed by atoms with Crippen LogP contribution in [0.1, 0.15) is 18.7 Å². The fraction of sp³-hybridized carbons (Fsp3) is 0.214. The molecule has 0 spiro atoms. The molecule has 2 N–H and O–H groups in total. The van der Waals surface area contributed by atoms with Gasteiger partial charge in [-0.1, -0.05) is 24.3 Å². The molecule has 0 saturated carbocycles. The Morgan fingerprint density at radius 2 is 2.28 bits per heavy atom. The van der Waals surface area contributed by atoms with E-state index in [0.717, 1.165) is 16.7 Å². The summed E-state index contributed by atoms with van der Waals surface area (Å²) in [4.78, 5) is 11.5. The van der Waals surface area contributed by atoms with Crippen LogP contribution in [0.15, 0.2) is 47.4 Å². The molecule has 0 aliphatic carbocycles. The second-order valence-electron chi connectivity index (χ2n) is 4.05. The zero-order valence-corrected chi connectivity index (χ0v) is 10.3. The van der Waals surface area contributed by atoms with Crippen molar-refractivity contribution < 1.29 is 9.21 Å². The van der Waals surface area contributed by atoms with Gasteiger partial charge < -0.3 is 15.1 Å². The summed E-state index contributed by atoms with van der Waals surface area (Å²) in [5.74, 6) is 0.741. The number of fused-ring (bicyclic) bond motifs is 1. The lowest BCUT2D eigenvalue weighted by Gasteiger charge is -2.11. The predicted octanol–water partition coefficient (Wildman–Crippen LogP) is 2.98. The molecular weight excluding hydrogens is 228 g/mol. The van der Waals surface area contributed by atoms with E-state index in [1.165, 1.54) is 0 Å². The average Bonchev–Trinajstić information content (AvgIpc) is 2.80. The van der Waals surface area contributed by atoms with Crippen molar-refractivity contribution in [1.29, 1.82) is 0 Å². The molecule has 4 nitrogen and oxygen atoms in total. The van der Waals surface area contributed by atoms with E-state index in [9.17, 15) is 4.79 Å². The van der Waals surface area contributed by atoms with E-state index >= 15 is 0 Å². The second kappa shape index (κ2) is 5.40. The first-order valence-electron chi connectivity index (χ1n) is 5.84.